The van der Waals surface area contributed by atoms with E-state index in [2.05, 4.69) is 5.32 Å². The zero-order valence-corrected chi connectivity index (χ0v) is 20.5. The summed E-state index contributed by atoms with van der Waals surface area (Å²) in [6.45, 7) is 3.15. The van der Waals surface area contributed by atoms with E-state index in [1.807, 2.05) is 35.3 Å². The fraction of sp³-hybridized carbons (Fsp3) is 0.500. The molecule has 1 aromatic heterocycles. The van der Waals surface area contributed by atoms with Crippen LogP contribution in [0.2, 0.25) is 0 Å². The third kappa shape index (κ3) is 7.33. The Bertz CT molecular complexity index is 1170. The summed E-state index contributed by atoms with van der Waals surface area (Å²) in [4.78, 5) is 50.6. The topological polar surface area (TPSA) is 195 Å². The molecule has 2 aromatic rings. The molecule has 2 heterocycles. The van der Waals surface area contributed by atoms with Crippen molar-refractivity contribution in [2.75, 3.05) is 13.2 Å². The summed E-state index contributed by atoms with van der Waals surface area (Å²) in [7, 11) is 0. The van der Waals surface area contributed by atoms with E-state index in [9.17, 15) is 29.4 Å². The first-order valence-corrected chi connectivity index (χ1v) is 11.8. The van der Waals surface area contributed by atoms with Crippen molar-refractivity contribution >= 4 is 11.9 Å². The van der Waals surface area contributed by atoms with Crippen LogP contribution >= 0.6 is 0 Å². The highest BCUT2D eigenvalue weighted by molar-refractivity contribution is 5.87. The van der Waals surface area contributed by atoms with Crippen LogP contribution in [0.3, 0.4) is 0 Å². The van der Waals surface area contributed by atoms with E-state index in [4.69, 9.17) is 19.9 Å². The molecule has 37 heavy (non-hydrogen) atoms. The second kappa shape index (κ2) is 12.7. The molecule has 0 saturated carbocycles. The molecule has 13 heteroatoms. The number of H-pyrrole nitrogens is 1. The highest BCUT2D eigenvalue weighted by Gasteiger charge is 2.45. The molecule has 1 aliphatic heterocycles. The third-order valence-electron chi connectivity index (χ3n) is 5.82. The van der Waals surface area contributed by atoms with Crippen LogP contribution in [0.4, 0.5) is 0 Å². The second-order valence-corrected chi connectivity index (χ2v) is 9.03. The zero-order chi connectivity index (χ0) is 27.1. The van der Waals surface area contributed by atoms with Crippen LogP contribution in [-0.2, 0) is 30.4 Å². The van der Waals surface area contributed by atoms with Gasteiger partial charge in [-0.25, -0.2) is 9.59 Å². The van der Waals surface area contributed by atoms with Gasteiger partial charge in [-0.2, -0.15) is 0 Å². The number of hydrogen-bond acceptors (Lipinski definition) is 10. The van der Waals surface area contributed by atoms with Gasteiger partial charge in [0, 0.05) is 12.3 Å². The average Bonchev–Trinajstić information content (AvgIpc) is 3.14. The lowest BCUT2D eigenvalue weighted by Gasteiger charge is -2.24. The van der Waals surface area contributed by atoms with Crippen molar-refractivity contribution in [2.24, 2.45) is 11.7 Å². The van der Waals surface area contributed by atoms with Crippen molar-refractivity contribution in [3.05, 3.63) is 69.0 Å². The maximum absolute atomic E-state index is 12.7. The molecule has 0 radical (unpaired) electrons. The van der Waals surface area contributed by atoms with Crippen molar-refractivity contribution in [3.8, 4) is 0 Å². The van der Waals surface area contributed by atoms with Gasteiger partial charge in [0.2, 0.25) is 5.91 Å². The van der Waals surface area contributed by atoms with Gasteiger partial charge in [0.05, 0.1) is 13.2 Å². The second-order valence-electron chi connectivity index (χ2n) is 9.03. The Hall–Kier alpha value is -3.36. The number of rotatable bonds is 11. The molecule has 1 fully saturated rings. The van der Waals surface area contributed by atoms with Gasteiger partial charge in [-0.05, 0) is 11.5 Å². The smallest absolute Gasteiger partial charge is 0.330 e. The van der Waals surface area contributed by atoms with Crippen molar-refractivity contribution in [3.63, 3.8) is 0 Å². The van der Waals surface area contributed by atoms with E-state index in [1.165, 1.54) is 0 Å². The molecule has 3 rings (SSSR count). The number of nitrogens with one attached hydrogen (secondary N) is 2. The molecule has 0 aliphatic carbocycles. The first-order valence-electron chi connectivity index (χ1n) is 11.8. The summed E-state index contributed by atoms with van der Waals surface area (Å²) >= 11 is 0. The molecule has 0 spiro atoms. The Balaban J connectivity index is 1.52. The number of nitrogens with two attached hydrogens (primary N) is 1. The van der Waals surface area contributed by atoms with E-state index >= 15 is 0 Å². The number of carbonyl (C=O) groups is 2. The van der Waals surface area contributed by atoms with Gasteiger partial charge in [-0.1, -0.05) is 44.2 Å². The molecule has 1 aromatic carbocycles. The molecule has 0 unspecified atom stereocenters. The Morgan fingerprint density at radius 1 is 1.16 bits per heavy atom. The molecule has 202 valence electrons. The molecule has 0 bridgehead atoms. The van der Waals surface area contributed by atoms with Crippen LogP contribution in [0, 0.1) is 5.92 Å². The summed E-state index contributed by atoms with van der Waals surface area (Å²) < 4.78 is 17.2. The minimum atomic E-state index is -1.53. The molecule has 6 N–H and O–H groups in total. The number of aliphatic hydroxyl groups is 2. The largest absolute Gasteiger partial charge is 0.461 e. The van der Waals surface area contributed by atoms with Crippen LogP contribution in [0.5, 0.6) is 0 Å². The first-order chi connectivity index (χ1) is 17.6. The lowest BCUT2D eigenvalue weighted by molar-refractivity contribution is -0.155. The molecular formula is C24H32N4O9. The van der Waals surface area contributed by atoms with Crippen molar-refractivity contribution < 1.29 is 34.0 Å². The Morgan fingerprint density at radius 2 is 1.86 bits per heavy atom. The van der Waals surface area contributed by atoms with Gasteiger partial charge in [-0.15, -0.1) is 0 Å². The van der Waals surface area contributed by atoms with E-state index in [1.54, 1.807) is 13.8 Å². The molecular weight excluding hydrogens is 488 g/mol. The SMILES string of the molecule is CC(C)[C@H](NC(=O)[C@@H](N)COCc1ccccc1)C(=O)OC[C@H]1O[C@@H](n2ccc(=O)[nH]c2=O)[C@H](O)[C@@H]1O. The fourth-order valence-electron chi connectivity index (χ4n) is 3.69. The number of hydrogen-bond donors (Lipinski definition) is 5. The summed E-state index contributed by atoms with van der Waals surface area (Å²) in [6, 6.07) is 8.35. The molecule has 6 atom stereocenters. The van der Waals surface area contributed by atoms with E-state index in [0.29, 0.717) is 0 Å². The monoisotopic (exact) mass is 520 g/mol. The molecule has 1 amide bonds. The van der Waals surface area contributed by atoms with E-state index in [0.717, 1.165) is 22.4 Å². The normalized spacial score (nSPS) is 23.0. The van der Waals surface area contributed by atoms with Gasteiger partial charge in [0.1, 0.15) is 37.0 Å². The summed E-state index contributed by atoms with van der Waals surface area (Å²) in [5.41, 5.74) is 5.36. The number of amides is 1. The first kappa shape index (κ1) is 28.2. The summed E-state index contributed by atoms with van der Waals surface area (Å²) in [6.07, 6.45) is -4.37. The van der Waals surface area contributed by atoms with Crippen LogP contribution in [0.25, 0.3) is 0 Å². The summed E-state index contributed by atoms with van der Waals surface area (Å²) in [5.74, 6) is -1.76. The number of aromatic nitrogens is 2. The number of carbonyl (C=O) groups excluding carboxylic acids is 2. The summed E-state index contributed by atoms with van der Waals surface area (Å²) in [5, 5.41) is 23.2. The van der Waals surface area contributed by atoms with Crippen LogP contribution < -0.4 is 22.3 Å². The van der Waals surface area contributed by atoms with Gasteiger partial charge < -0.3 is 35.5 Å². The van der Waals surface area contributed by atoms with Crippen LogP contribution in [0.1, 0.15) is 25.6 Å². The average molecular weight is 521 g/mol. The van der Waals surface area contributed by atoms with E-state index < -0.39 is 66.4 Å². The van der Waals surface area contributed by atoms with Gasteiger partial charge in [-0.3, -0.25) is 19.1 Å². The van der Waals surface area contributed by atoms with Gasteiger partial charge in [0.25, 0.3) is 5.56 Å². The minimum absolute atomic E-state index is 0.0634. The van der Waals surface area contributed by atoms with E-state index in [-0.39, 0.29) is 19.1 Å². The van der Waals surface area contributed by atoms with Gasteiger partial charge >= 0.3 is 11.7 Å². The standard InChI is InChI=1S/C24H32N4O9/c1-13(2)18(27-21(32)15(25)11-35-10-14-6-4-3-5-7-14)23(33)36-12-16-19(30)20(31)22(37-16)28-9-8-17(29)26-24(28)34/h3-9,13,15-16,18-20,22,30-31H,10-12,25H2,1-2H3,(H,27,32)(H,26,29,34)/t15-,16+,18-,19+,20+,22+/m0/s1. The predicted octanol–water partition coefficient (Wildman–Crippen LogP) is -1.62. The zero-order valence-electron chi connectivity index (χ0n) is 20.5. The number of aliphatic hydroxyl groups excluding tert-OH is 2. The van der Waals surface area contributed by atoms with Crippen molar-refractivity contribution in [2.45, 2.75) is 57.1 Å². The quantitative estimate of drug-likeness (QED) is 0.215. The molecule has 13 nitrogen and oxygen atoms in total. The highest BCUT2D eigenvalue weighted by atomic mass is 16.6. The highest BCUT2D eigenvalue weighted by Crippen LogP contribution is 2.28. The molecule has 1 aliphatic rings. The third-order valence-corrected chi connectivity index (χ3v) is 5.82. The number of benzene rings is 1. The Labute approximate surface area is 212 Å². The van der Waals surface area contributed by atoms with Crippen molar-refractivity contribution in [1.29, 1.82) is 0 Å². The number of nitrogens with zero attached hydrogens (tertiary/aromatic N) is 1. The van der Waals surface area contributed by atoms with Crippen LogP contribution in [0.15, 0.2) is 52.2 Å². The minimum Gasteiger partial charge on any atom is -0.461 e. The maximum atomic E-state index is 12.7. The molecule has 1 saturated heterocycles. The number of esters is 1. The Kier molecular flexibility index (Phi) is 9.72. The predicted molar refractivity (Wildman–Crippen MR) is 129 cm³/mol. The Morgan fingerprint density at radius 3 is 2.51 bits per heavy atom. The number of aromatic amines is 1. The fourth-order valence-corrected chi connectivity index (χ4v) is 3.69. The lowest BCUT2D eigenvalue weighted by atomic mass is 10.0. The lowest BCUT2D eigenvalue weighted by Crippen LogP contribution is -2.52. The maximum Gasteiger partial charge on any atom is 0.330 e. The number of ether oxygens (including phenoxy) is 3. The van der Waals surface area contributed by atoms with Crippen molar-refractivity contribution in [1.82, 2.24) is 14.9 Å². The van der Waals surface area contributed by atoms with Gasteiger partial charge in [0.15, 0.2) is 6.23 Å². The van der Waals surface area contributed by atoms with Crippen LogP contribution in [-0.4, -0.2) is 75.2 Å².